The van der Waals surface area contributed by atoms with Crippen molar-refractivity contribution in [3.8, 4) is 0 Å². The minimum absolute atomic E-state index is 0.175. The van der Waals surface area contributed by atoms with E-state index in [1.54, 1.807) is 7.11 Å². The van der Waals surface area contributed by atoms with Crippen molar-refractivity contribution in [3.05, 3.63) is 0 Å². The van der Waals surface area contributed by atoms with E-state index < -0.39 is 5.60 Å². The molecule has 0 bridgehead atoms. The van der Waals surface area contributed by atoms with E-state index in [9.17, 15) is 4.79 Å². The Morgan fingerprint density at radius 2 is 1.65 bits per heavy atom. The Morgan fingerprint density at radius 3 is 2.12 bits per heavy atom. The minimum atomic E-state index is -0.422. The molecule has 0 atom stereocenters. The second kappa shape index (κ2) is 6.97. The summed E-state index contributed by atoms with van der Waals surface area (Å²) in [5.41, 5.74) is -0.596. The highest BCUT2D eigenvalue weighted by Crippen LogP contribution is 2.12. The van der Waals surface area contributed by atoms with Gasteiger partial charge in [-0.1, -0.05) is 0 Å². The van der Waals surface area contributed by atoms with Gasteiger partial charge in [-0.3, -0.25) is 4.79 Å². The predicted molar refractivity (Wildman–Crippen MR) is 67.0 cm³/mol. The Morgan fingerprint density at radius 1 is 1.06 bits per heavy atom. The van der Waals surface area contributed by atoms with E-state index in [2.05, 4.69) is 0 Å². The molecule has 0 fully saturated rings. The number of carbonyl (C=O) groups excluding carboxylic acids is 1. The van der Waals surface area contributed by atoms with Crippen molar-refractivity contribution >= 4 is 5.97 Å². The molecule has 102 valence electrons. The fourth-order valence-electron chi connectivity index (χ4n) is 1.07. The molecule has 4 heteroatoms. The number of hydrogen-bond acceptors (Lipinski definition) is 4. The Hall–Kier alpha value is -0.610. The minimum Gasteiger partial charge on any atom is -0.460 e. The molecular formula is C13H26O4. The first-order valence-electron chi connectivity index (χ1n) is 6.01. The molecule has 0 spiro atoms. The Balaban J connectivity index is 3.56. The molecule has 0 unspecified atom stereocenters. The summed E-state index contributed by atoms with van der Waals surface area (Å²) in [4.78, 5) is 11.3. The van der Waals surface area contributed by atoms with Crippen LogP contribution in [0.3, 0.4) is 0 Å². The summed E-state index contributed by atoms with van der Waals surface area (Å²) in [6.45, 7) is 10.6. The fraction of sp³-hybridized carbons (Fsp3) is 0.923. The maximum atomic E-state index is 11.3. The fourth-order valence-corrected chi connectivity index (χ4v) is 1.07. The van der Waals surface area contributed by atoms with E-state index >= 15 is 0 Å². The average molecular weight is 246 g/mol. The molecule has 0 aliphatic carbocycles. The molecule has 0 aliphatic rings. The quantitative estimate of drug-likeness (QED) is 0.511. The Labute approximate surface area is 105 Å². The lowest BCUT2D eigenvalue weighted by Gasteiger charge is -2.22. The standard InChI is InChI=1S/C13H26O4/c1-12(2,3)17-11(14)7-9-16-10-8-13(4,5)15-6/h7-10H2,1-6H3. The highest BCUT2D eigenvalue weighted by atomic mass is 16.6. The predicted octanol–water partition coefficient (Wildman–Crippen LogP) is 2.55. The highest BCUT2D eigenvalue weighted by Gasteiger charge is 2.17. The summed E-state index contributed by atoms with van der Waals surface area (Å²) >= 11 is 0. The topological polar surface area (TPSA) is 44.8 Å². The molecule has 0 radical (unpaired) electrons. The van der Waals surface area contributed by atoms with Gasteiger partial charge in [-0.05, 0) is 41.0 Å². The second-order valence-corrected chi connectivity index (χ2v) is 5.66. The maximum Gasteiger partial charge on any atom is 0.308 e. The zero-order chi connectivity index (χ0) is 13.5. The summed E-state index contributed by atoms with van der Waals surface area (Å²) in [7, 11) is 1.68. The van der Waals surface area contributed by atoms with E-state index in [-0.39, 0.29) is 11.6 Å². The van der Waals surface area contributed by atoms with Gasteiger partial charge < -0.3 is 14.2 Å². The molecule has 0 N–H and O–H groups in total. The van der Waals surface area contributed by atoms with E-state index in [0.29, 0.717) is 19.6 Å². The largest absolute Gasteiger partial charge is 0.460 e. The normalized spacial score (nSPS) is 12.6. The van der Waals surface area contributed by atoms with Crippen LogP contribution in [0.4, 0.5) is 0 Å². The third kappa shape index (κ3) is 10.3. The Bertz CT molecular complexity index is 228. The van der Waals surface area contributed by atoms with Gasteiger partial charge in [0.15, 0.2) is 0 Å². The van der Waals surface area contributed by atoms with Gasteiger partial charge in [0, 0.05) is 13.7 Å². The Kier molecular flexibility index (Phi) is 6.72. The van der Waals surface area contributed by atoms with Crippen molar-refractivity contribution < 1.29 is 19.0 Å². The van der Waals surface area contributed by atoms with Crippen molar-refractivity contribution in [2.45, 2.75) is 58.7 Å². The molecule has 4 nitrogen and oxygen atoms in total. The summed E-state index contributed by atoms with van der Waals surface area (Å²) in [5.74, 6) is -0.219. The molecule has 0 saturated heterocycles. The van der Waals surface area contributed by atoms with Crippen LogP contribution < -0.4 is 0 Å². The second-order valence-electron chi connectivity index (χ2n) is 5.66. The molecular weight excluding hydrogens is 220 g/mol. The zero-order valence-corrected chi connectivity index (χ0v) is 12.0. The number of methoxy groups -OCH3 is 1. The summed E-state index contributed by atoms with van der Waals surface area (Å²) in [5, 5.41) is 0. The van der Waals surface area contributed by atoms with Gasteiger partial charge in [-0.15, -0.1) is 0 Å². The van der Waals surface area contributed by atoms with Crippen LogP contribution in [-0.4, -0.2) is 37.5 Å². The van der Waals surface area contributed by atoms with Gasteiger partial charge in [0.2, 0.25) is 0 Å². The van der Waals surface area contributed by atoms with Gasteiger partial charge in [0.05, 0.1) is 18.6 Å². The van der Waals surface area contributed by atoms with Crippen LogP contribution in [-0.2, 0) is 19.0 Å². The number of carbonyl (C=O) groups is 1. The third-order valence-corrected chi connectivity index (χ3v) is 2.27. The third-order valence-electron chi connectivity index (χ3n) is 2.27. The van der Waals surface area contributed by atoms with Gasteiger partial charge >= 0.3 is 5.97 Å². The van der Waals surface area contributed by atoms with Crippen LogP contribution in [0.1, 0.15) is 47.5 Å². The van der Waals surface area contributed by atoms with Crippen molar-refractivity contribution in [2.24, 2.45) is 0 Å². The molecule has 0 heterocycles. The molecule has 0 amide bonds. The van der Waals surface area contributed by atoms with E-state index in [1.807, 2.05) is 34.6 Å². The lowest BCUT2D eigenvalue weighted by atomic mass is 10.1. The molecule has 0 saturated carbocycles. The molecule has 0 aromatic carbocycles. The lowest BCUT2D eigenvalue weighted by Crippen LogP contribution is -2.26. The van der Waals surface area contributed by atoms with Gasteiger partial charge in [-0.25, -0.2) is 0 Å². The average Bonchev–Trinajstić information content (AvgIpc) is 2.14. The summed E-state index contributed by atoms with van der Waals surface area (Å²) in [6.07, 6.45) is 1.10. The van der Waals surface area contributed by atoms with Crippen LogP contribution >= 0.6 is 0 Å². The molecule has 0 aliphatic heterocycles. The van der Waals surface area contributed by atoms with E-state index in [1.165, 1.54) is 0 Å². The van der Waals surface area contributed by atoms with Crippen LogP contribution in [0.15, 0.2) is 0 Å². The van der Waals surface area contributed by atoms with Crippen LogP contribution in [0, 0.1) is 0 Å². The van der Waals surface area contributed by atoms with Crippen LogP contribution in [0.5, 0.6) is 0 Å². The molecule has 0 aromatic rings. The van der Waals surface area contributed by atoms with E-state index in [0.717, 1.165) is 6.42 Å². The first-order valence-corrected chi connectivity index (χ1v) is 6.01. The molecule has 0 aromatic heterocycles. The first kappa shape index (κ1) is 16.4. The van der Waals surface area contributed by atoms with Crippen molar-refractivity contribution in [2.75, 3.05) is 20.3 Å². The van der Waals surface area contributed by atoms with Gasteiger partial charge in [-0.2, -0.15) is 0 Å². The summed E-state index contributed by atoms with van der Waals surface area (Å²) < 4.78 is 15.8. The van der Waals surface area contributed by atoms with E-state index in [4.69, 9.17) is 14.2 Å². The van der Waals surface area contributed by atoms with Crippen LogP contribution in [0.2, 0.25) is 0 Å². The lowest BCUT2D eigenvalue weighted by molar-refractivity contribution is -0.156. The highest BCUT2D eigenvalue weighted by molar-refractivity contribution is 5.69. The van der Waals surface area contributed by atoms with Crippen molar-refractivity contribution in [1.29, 1.82) is 0 Å². The monoisotopic (exact) mass is 246 g/mol. The van der Waals surface area contributed by atoms with Crippen molar-refractivity contribution in [3.63, 3.8) is 0 Å². The summed E-state index contributed by atoms with van der Waals surface area (Å²) in [6, 6.07) is 0. The molecule has 0 rings (SSSR count). The number of esters is 1. The first-order chi connectivity index (χ1) is 7.66. The molecule has 17 heavy (non-hydrogen) atoms. The number of rotatable bonds is 7. The van der Waals surface area contributed by atoms with Gasteiger partial charge in [0.25, 0.3) is 0 Å². The number of hydrogen-bond donors (Lipinski definition) is 0. The maximum absolute atomic E-state index is 11.3. The SMILES string of the molecule is COC(C)(C)CCOCCC(=O)OC(C)(C)C. The zero-order valence-electron chi connectivity index (χ0n) is 12.0. The van der Waals surface area contributed by atoms with Gasteiger partial charge in [0.1, 0.15) is 5.60 Å². The van der Waals surface area contributed by atoms with Crippen molar-refractivity contribution in [1.82, 2.24) is 0 Å². The smallest absolute Gasteiger partial charge is 0.308 e. The number of ether oxygens (including phenoxy) is 3. The van der Waals surface area contributed by atoms with Crippen LogP contribution in [0.25, 0.3) is 0 Å².